The molecular weight excluding hydrogens is 300 g/mol. The Morgan fingerprint density at radius 3 is 2.35 bits per heavy atom. The van der Waals surface area contributed by atoms with Crippen molar-refractivity contribution < 1.29 is 9.22 Å². The molecule has 2 nitrogen and oxygen atoms in total. The van der Waals surface area contributed by atoms with E-state index in [1.54, 1.807) is 6.08 Å². The number of carbonyl (C=O) groups is 1. The lowest BCUT2D eigenvalue weighted by Crippen LogP contribution is -2.43. The SMILES string of the molecule is CCCCCCCC(C)=C1C(=O)C=CC1O[Si](C)(C)C(C)(C)C. The molecule has 1 aliphatic carbocycles. The van der Waals surface area contributed by atoms with Crippen LogP contribution in [0.2, 0.25) is 18.1 Å². The van der Waals surface area contributed by atoms with Crippen molar-refractivity contribution in [2.24, 2.45) is 0 Å². The summed E-state index contributed by atoms with van der Waals surface area (Å²) in [6, 6.07) is 0. The summed E-state index contributed by atoms with van der Waals surface area (Å²) in [5, 5.41) is 0.158. The van der Waals surface area contributed by atoms with Gasteiger partial charge >= 0.3 is 0 Å². The van der Waals surface area contributed by atoms with Gasteiger partial charge in [0.25, 0.3) is 0 Å². The minimum atomic E-state index is -1.87. The van der Waals surface area contributed by atoms with Crippen molar-refractivity contribution in [3.05, 3.63) is 23.3 Å². The fourth-order valence-electron chi connectivity index (χ4n) is 2.67. The molecule has 0 aromatic rings. The normalized spacial score (nSPS) is 21.2. The Balaban J connectivity index is 2.75. The van der Waals surface area contributed by atoms with Crippen LogP contribution in [-0.2, 0) is 9.22 Å². The summed E-state index contributed by atoms with van der Waals surface area (Å²) >= 11 is 0. The van der Waals surface area contributed by atoms with E-state index in [0.717, 1.165) is 12.0 Å². The van der Waals surface area contributed by atoms with Crippen molar-refractivity contribution in [2.75, 3.05) is 0 Å². The lowest BCUT2D eigenvalue weighted by molar-refractivity contribution is -0.111. The van der Waals surface area contributed by atoms with Crippen LogP contribution >= 0.6 is 0 Å². The predicted octanol–water partition coefficient (Wildman–Crippen LogP) is 6.19. The summed E-state index contributed by atoms with van der Waals surface area (Å²) < 4.78 is 6.49. The smallest absolute Gasteiger partial charge is 0.193 e. The van der Waals surface area contributed by atoms with Gasteiger partial charge in [0.1, 0.15) is 0 Å². The maximum absolute atomic E-state index is 12.3. The Morgan fingerprint density at radius 2 is 1.78 bits per heavy atom. The first-order valence-electron chi connectivity index (χ1n) is 9.20. The quantitative estimate of drug-likeness (QED) is 0.300. The molecule has 0 aromatic heterocycles. The number of hydrogen-bond donors (Lipinski definition) is 0. The molecule has 23 heavy (non-hydrogen) atoms. The van der Waals surface area contributed by atoms with Crippen molar-refractivity contribution in [2.45, 2.75) is 97.4 Å². The Bertz CT molecular complexity index is 467. The average molecular weight is 337 g/mol. The van der Waals surface area contributed by atoms with Crippen molar-refractivity contribution in [3.8, 4) is 0 Å². The van der Waals surface area contributed by atoms with Crippen LogP contribution in [-0.4, -0.2) is 20.2 Å². The summed E-state index contributed by atoms with van der Waals surface area (Å²) in [7, 11) is -1.87. The Kier molecular flexibility index (Phi) is 7.47. The monoisotopic (exact) mass is 336 g/mol. The van der Waals surface area contributed by atoms with Crippen LogP contribution in [0.3, 0.4) is 0 Å². The molecule has 1 aliphatic rings. The molecule has 0 radical (unpaired) electrons. The summed E-state index contributed by atoms with van der Waals surface area (Å²) in [5.74, 6) is 0.153. The fourth-order valence-corrected chi connectivity index (χ4v) is 3.86. The van der Waals surface area contributed by atoms with E-state index in [0.29, 0.717) is 0 Å². The molecule has 1 atom stereocenters. The first-order valence-corrected chi connectivity index (χ1v) is 12.1. The molecule has 0 heterocycles. The molecule has 0 aromatic carbocycles. The van der Waals surface area contributed by atoms with Gasteiger partial charge in [-0.15, -0.1) is 0 Å². The first-order chi connectivity index (χ1) is 10.6. The number of allylic oxidation sites excluding steroid dienone is 2. The van der Waals surface area contributed by atoms with Crippen molar-refractivity contribution >= 4 is 14.1 Å². The zero-order valence-electron chi connectivity index (χ0n) is 16.3. The zero-order valence-corrected chi connectivity index (χ0v) is 17.3. The van der Waals surface area contributed by atoms with Crippen molar-refractivity contribution in [1.29, 1.82) is 0 Å². The fraction of sp³-hybridized carbons (Fsp3) is 0.750. The van der Waals surface area contributed by atoms with E-state index in [-0.39, 0.29) is 16.9 Å². The molecule has 0 spiro atoms. The third-order valence-corrected chi connectivity index (χ3v) is 9.77. The number of unbranched alkanes of at least 4 members (excludes halogenated alkanes) is 4. The highest BCUT2D eigenvalue weighted by Gasteiger charge is 2.41. The molecule has 0 aliphatic heterocycles. The van der Waals surface area contributed by atoms with E-state index in [1.165, 1.54) is 37.7 Å². The van der Waals surface area contributed by atoms with Crippen LogP contribution in [0.25, 0.3) is 0 Å². The maximum atomic E-state index is 12.3. The minimum Gasteiger partial charge on any atom is -0.406 e. The van der Waals surface area contributed by atoms with Gasteiger partial charge < -0.3 is 4.43 Å². The van der Waals surface area contributed by atoms with Gasteiger partial charge in [0.15, 0.2) is 14.1 Å². The Morgan fingerprint density at radius 1 is 1.17 bits per heavy atom. The summed E-state index contributed by atoms with van der Waals surface area (Å²) in [6.07, 6.45) is 10.9. The third-order valence-electron chi connectivity index (χ3n) is 5.32. The second kappa shape index (κ2) is 8.43. The molecule has 0 amide bonds. The van der Waals surface area contributed by atoms with Crippen LogP contribution < -0.4 is 0 Å². The second-order valence-corrected chi connectivity index (χ2v) is 13.1. The summed E-state index contributed by atoms with van der Waals surface area (Å²) in [4.78, 5) is 12.3. The predicted molar refractivity (Wildman–Crippen MR) is 102 cm³/mol. The number of hydrogen-bond acceptors (Lipinski definition) is 2. The van der Waals surface area contributed by atoms with E-state index in [1.807, 2.05) is 6.08 Å². The zero-order chi connectivity index (χ0) is 17.7. The van der Waals surface area contributed by atoms with Crippen LogP contribution in [0.15, 0.2) is 23.3 Å². The van der Waals surface area contributed by atoms with E-state index in [9.17, 15) is 4.79 Å². The van der Waals surface area contributed by atoms with Gasteiger partial charge in [-0.05, 0) is 50.0 Å². The van der Waals surface area contributed by atoms with E-state index >= 15 is 0 Å². The van der Waals surface area contributed by atoms with E-state index in [4.69, 9.17) is 4.43 Å². The largest absolute Gasteiger partial charge is 0.406 e. The van der Waals surface area contributed by atoms with Gasteiger partial charge in [-0.1, -0.05) is 59.0 Å². The Hall–Kier alpha value is -0.673. The van der Waals surface area contributed by atoms with Gasteiger partial charge in [-0.25, -0.2) is 0 Å². The molecule has 1 rings (SSSR count). The highest BCUT2D eigenvalue weighted by molar-refractivity contribution is 6.74. The maximum Gasteiger partial charge on any atom is 0.193 e. The number of ketones is 1. The lowest BCUT2D eigenvalue weighted by Gasteiger charge is -2.38. The molecule has 0 fully saturated rings. The second-order valence-electron chi connectivity index (χ2n) is 8.38. The molecule has 0 saturated heterocycles. The molecule has 0 saturated carbocycles. The number of carbonyl (C=O) groups excluding carboxylic acids is 1. The standard InChI is InChI=1S/C20H36O2Si/c1-8-9-10-11-12-13-16(2)19-17(21)14-15-18(19)22-23(6,7)20(3,4)5/h14-15,18H,8-13H2,1-7H3. The highest BCUT2D eigenvalue weighted by atomic mass is 28.4. The summed E-state index contributed by atoms with van der Waals surface area (Å²) in [5.41, 5.74) is 2.13. The topological polar surface area (TPSA) is 26.3 Å². The highest BCUT2D eigenvalue weighted by Crippen LogP contribution is 2.39. The average Bonchev–Trinajstić information content (AvgIpc) is 2.77. The van der Waals surface area contributed by atoms with Crippen LogP contribution in [0.1, 0.15) is 73.1 Å². The van der Waals surface area contributed by atoms with Gasteiger partial charge in [-0.2, -0.15) is 0 Å². The summed E-state index contributed by atoms with van der Waals surface area (Å²) in [6.45, 7) is 15.6. The van der Waals surface area contributed by atoms with Crippen molar-refractivity contribution in [1.82, 2.24) is 0 Å². The van der Waals surface area contributed by atoms with Gasteiger partial charge in [0.2, 0.25) is 0 Å². The van der Waals surface area contributed by atoms with Crippen LogP contribution in [0.5, 0.6) is 0 Å². The molecule has 1 unspecified atom stereocenters. The third kappa shape index (κ3) is 5.72. The van der Waals surface area contributed by atoms with Gasteiger partial charge in [0, 0.05) is 5.57 Å². The van der Waals surface area contributed by atoms with E-state index in [2.05, 4.69) is 47.7 Å². The van der Waals surface area contributed by atoms with Crippen molar-refractivity contribution in [3.63, 3.8) is 0 Å². The molecule has 0 N–H and O–H groups in total. The van der Waals surface area contributed by atoms with E-state index < -0.39 is 8.32 Å². The lowest BCUT2D eigenvalue weighted by atomic mass is 9.99. The number of rotatable bonds is 8. The van der Waals surface area contributed by atoms with Crippen LogP contribution in [0.4, 0.5) is 0 Å². The van der Waals surface area contributed by atoms with Gasteiger partial charge in [-0.3, -0.25) is 4.79 Å². The molecule has 132 valence electrons. The van der Waals surface area contributed by atoms with Gasteiger partial charge in [0.05, 0.1) is 6.10 Å². The van der Waals surface area contributed by atoms with Crippen LogP contribution in [0, 0.1) is 0 Å². The molecular formula is C20H36O2Si. The molecule has 0 bridgehead atoms. The minimum absolute atomic E-state index is 0.126. The molecule has 3 heteroatoms. The Labute approximate surface area is 144 Å². The first kappa shape index (κ1) is 20.4.